The number of aliphatic imine (C=N–C) groups is 2. The van der Waals surface area contributed by atoms with Gasteiger partial charge in [-0.25, -0.2) is 14.8 Å². The van der Waals surface area contributed by atoms with Crippen molar-refractivity contribution in [2.24, 2.45) is 9.98 Å². The van der Waals surface area contributed by atoms with Gasteiger partial charge in [0, 0.05) is 11.9 Å². The molecular formula is C23H30F3N3O2. The SMILES string of the molecule is C=NC(=N/C=C(\C)C(=O)O)N(CC(F)(F)F)c1cc2c(cc1C)C(C)(C)CCC2(C)C. The summed E-state index contributed by atoms with van der Waals surface area (Å²) in [5, 5.41) is 9.02. The molecular weight excluding hydrogens is 407 g/mol. The molecule has 0 aliphatic heterocycles. The molecule has 0 saturated heterocycles. The summed E-state index contributed by atoms with van der Waals surface area (Å²) in [7, 11) is 0. The molecule has 31 heavy (non-hydrogen) atoms. The van der Waals surface area contributed by atoms with Crippen LogP contribution in [-0.2, 0) is 15.6 Å². The Morgan fingerprint density at radius 1 is 1.19 bits per heavy atom. The third-order valence-electron chi connectivity index (χ3n) is 5.89. The maximum absolute atomic E-state index is 13.5. The molecule has 1 aromatic rings. The quantitative estimate of drug-likeness (QED) is 0.370. The van der Waals surface area contributed by atoms with Gasteiger partial charge in [-0.3, -0.25) is 0 Å². The van der Waals surface area contributed by atoms with Gasteiger partial charge in [0.05, 0.1) is 5.57 Å². The number of fused-ring (bicyclic) bond motifs is 1. The van der Waals surface area contributed by atoms with Crippen LogP contribution >= 0.6 is 0 Å². The Morgan fingerprint density at radius 3 is 2.16 bits per heavy atom. The Bertz CT molecular complexity index is 944. The fourth-order valence-electron chi connectivity index (χ4n) is 3.85. The first-order valence-corrected chi connectivity index (χ1v) is 10.0. The standard InChI is InChI=1S/C23H30F3N3O2/c1-14-10-16-17(22(5,6)9-8-21(16,3)4)11-18(14)29(13-23(24,25)26)20(27-7)28-12-15(2)19(30)31/h10-12H,7-9,13H2,1-6H3,(H,30,31)/b15-12+,28-20?. The van der Waals surface area contributed by atoms with E-state index in [0.29, 0.717) is 11.3 Å². The summed E-state index contributed by atoms with van der Waals surface area (Å²) in [6.07, 6.45) is -1.65. The number of alkyl halides is 3. The fourth-order valence-corrected chi connectivity index (χ4v) is 3.85. The number of aryl methyl sites for hydroxylation is 1. The highest BCUT2D eigenvalue weighted by Crippen LogP contribution is 2.47. The van der Waals surface area contributed by atoms with E-state index in [1.807, 2.05) is 6.07 Å². The second kappa shape index (κ2) is 8.48. The van der Waals surface area contributed by atoms with Crippen molar-refractivity contribution >= 4 is 24.3 Å². The normalized spacial score (nSPS) is 18.4. The molecule has 2 rings (SSSR count). The predicted molar refractivity (Wildman–Crippen MR) is 118 cm³/mol. The average molecular weight is 438 g/mol. The monoisotopic (exact) mass is 437 g/mol. The average Bonchev–Trinajstić information content (AvgIpc) is 2.63. The lowest BCUT2D eigenvalue weighted by atomic mass is 9.63. The van der Waals surface area contributed by atoms with Gasteiger partial charge < -0.3 is 10.0 Å². The fraction of sp³-hybridized carbons (Fsp3) is 0.522. The van der Waals surface area contributed by atoms with Crippen LogP contribution < -0.4 is 4.90 Å². The van der Waals surface area contributed by atoms with Crippen molar-refractivity contribution in [3.8, 4) is 0 Å². The van der Waals surface area contributed by atoms with Crippen molar-refractivity contribution < 1.29 is 23.1 Å². The van der Waals surface area contributed by atoms with Gasteiger partial charge in [-0.2, -0.15) is 13.2 Å². The van der Waals surface area contributed by atoms with Gasteiger partial charge in [0.25, 0.3) is 0 Å². The molecule has 0 unspecified atom stereocenters. The summed E-state index contributed by atoms with van der Waals surface area (Å²) in [6.45, 7) is 13.6. The minimum atomic E-state index is -4.53. The molecule has 0 atom stereocenters. The van der Waals surface area contributed by atoms with E-state index in [1.54, 1.807) is 13.0 Å². The van der Waals surface area contributed by atoms with Gasteiger partial charge in [-0.15, -0.1) is 0 Å². The van der Waals surface area contributed by atoms with Crippen LogP contribution in [0.2, 0.25) is 0 Å². The van der Waals surface area contributed by atoms with Crippen LogP contribution in [0.15, 0.2) is 33.9 Å². The Kier molecular flexibility index (Phi) is 6.73. The molecule has 0 aromatic heterocycles. The van der Waals surface area contributed by atoms with Crippen LogP contribution in [0.1, 0.15) is 64.2 Å². The zero-order chi connectivity index (χ0) is 23.8. The number of rotatable bonds is 4. The van der Waals surface area contributed by atoms with Crippen molar-refractivity contribution in [1.29, 1.82) is 0 Å². The minimum absolute atomic E-state index is 0.0854. The van der Waals surface area contributed by atoms with Crippen molar-refractivity contribution in [2.75, 3.05) is 11.4 Å². The van der Waals surface area contributed by atoms with E-state index < -0.39 is 18.7 Å². The van der Waals surface area contributed by atoms with Crippen LogP contribution in [0.4, 0.5) is 18.9 Å². The van der Waals surface area contributed by atoms with E-state index in [0.717, 1.165) is 35.1 Å². The summed E-state index contributed by atoms with van der Waals surface area (Å²) in [5.41, 5.74) is 2.70. The van der Waals surface area contributed by atoms with E-state index in [4.69, 9.17) is 5.11 Å². The van der Waals surface area contributed by atoms with E-state index in [9.17, 15) is 18.0 Å². The summed E-state index contributed by atoms with van der Waals surface area (Å²) < 4.78 is 40.5. The molecule has 0 radical (unpaired) electrons. The molecule has 170 valence electrons. The number of hydrogen-bond donors (Lipinski definition) is 1. The number of carbonyl (C=O) groups is 1. The van der Waals surface area contributed by atoms with Gasteiger partial charge in [0.2, 0.25) is 5.96 Å². The first-order valence-electron chi connectivity index (χ1n) is 10.0. The number of anilines is 1. The predicted octanol–water partition coefficient (Wildman–Crippen LogP) is 5.76. The van der Waals surface area contributed by atoms with Crippen molar-refractivity contribution in [3.63, 3.8) is 0 Å². The summed E-state index contributed by atoms with van der Waals surface area (Å²) in [4.78, 5) is 19.6. The molecule has 0 heterocycles. The van der Waals surface area contributed by atoms with Crippen molar-refractivity contribution in [1.82, 2.24) is 0 Å². The second-order valence-electron chi connectivity index (χ2n) is 9.36. The van der Waals surface area contributed by atoms with Gasteiger partial charge >= 0.3 is 12.1 Å². The summed E-state index contributed by atoms with van der Waals surface area (Å²) in [5.74, 6) is -1.53. The zero-order valence-electron chi connectivity index (χ0n) is 18.9. The molecule has 0 amide bonds. The lowest BCUT2D eigenvalue weighted by molar-refractivity contribution is -0.132. The van der Waals surface area contributed by atoms with E-state index in [-0.39, 0.29) is 22.4 Å². The number of halogens is 3. The molecule has 8 heteroatoms. The molecule has 1 N–H and O–H groups in total. The molecule has 1 aliphatic carbocycles. The number of hydrogen-bond acceptors (Lipinski definition) is 2. The van der Waals surface area contributed by atoms with Crippen LogP contribution in [0.25, 0.3) is 0 Å². The second-order valence-corrected chi connectivity index (χ2v) is 9.36. The number of carboxylic acid groups (broad SMARTS) is 1. The first-order chi connectivity index (χ1) is 14.1. The number of benzene rings is 1. The molecule has 5 nitrogen and oxygen atoms in total. The number of carboxylic acids is 1. The molecule has 0 spiro atoms. The largest absolute Gasteiger partial charge is 0.478 e. The maximum Gasteiger partial charge on any atom is 0.406 e. The lowest BCUT2D eigenvalue weighted by Crippen LogP contribution is -2.40. The van der Waals surface area contributed by atoms with Gasteiger partial charge in [0.1, 0.15) is 6.54 Å². The maximum atomic E-state index is 13.5. The van der Waals surface area contributed by atoms with Crippen LogP contribution in [0.3, 0.4) is 0 Å². The molecule has 0 saturated carbocycles. The van der Waals surface area contributed by atoms with Crippen LogP contribution in [-0.4, -0.2) is 36.5 Å². The summed E-state index contributed by atoms with van der Waals surface area (Å²) >= 11 is 0. The molecule has 0 fully saturated rings. The van der Waals surface area contributed by atoms with Crippen molar-refractivity contribution in [2.45, 2.75) is 71.4 Å². The Hall–Kier alpha value is -2.64. The topological polar surface area (TPSA) is 65.3 Å². The lowest BCUT2D eigenvalue weighted by Gasteiger charge is -2.43. The number of nitrogens with zero attached hydrogens (tertiary/aromatic N) is 3. The smallest absolute Gasteiger partial charge is 0.406 e. The number of aliphatic carboxylic acids is 1. The van der Waals surface area contributed by atoms with Crippen molar-refractivity contribution in [3.05, 3.63) is 40.6 Å². The third kappa shape index (κ3) is 5.54. The third-order valence-corrected chi connectivity index (χ3v) is 5.89. The highest BCUT2D eigenvalue weighted by molar-refractivity contribution is 6.00. The Morgan fingerprint density at radius 2 is 1.71 bits per heavy atom. The minimum Gasteiger partial charge on any atom is -0.478 e. The zero-order valence-corrected chi connectivity index (χ0v) is 18.9. The van der Waals surface area contributed by atoms with Crippen LogP contribution in [0.5, 0.6) is 0 Å². The Labute approximate surface area is 181 Å². The van der Waals surface area contributed by atoms with E-state index in [2.05, 4.69) is 44.4 Å². The highest BCUT2D eigenvalue weighted by atomic mass is 19.4. The van der Waals surface area contributed by atoms with E-state index >= 15 is 0 Å². The molecule has 1 aliphatic rings. The van der Waals surface area contributed by atoms with Gasteiger partial charge in [0.15, 0.2) is 0 Å². The summed E-state index contributed by atoms with van der Waals surface area (Å²) in [6, 6.07) is 3.75. The van der Waals surface area contributed by atoms with Gasteiger partial charge in [-0.05, 0) is 67.0 Å². The van der Waals surface area contributed by atoms with E-state index in [1.165, 1.54) is 6.92 Å². The molecule has 0 bridgehead atoms. The van der Waals surface area contributed by atoms with Crippen LogP contribution in [0, 0.1) is 6.92 Å². The van der Waals surface area contributed by atoms with Gasteiger partial charge in [-0.1, -0.05) is 33.8 Å². The molecule has 1 aromatic carbocycles. The first kappa shape index (κ1) is 24.6. The number of guanidine groups is 1. The highest BCUT2D eigenvalue weighted by Gasteiger charge is 2.39. The Balaban J connectivity index is 2.73.